The molecule has 0 saturated carbocycles. The van der Waals surface area contributed by atoms with Crippen LogP contribution in [-0.2, 0) is 0 Å². The maximum Gasteiger partial charge on any atom is 0.269 e. The Balaban J connectivity index is 2.92. The number of non-ortho nitro benzene ring substituents is 1. The lowest BCUT2D eigenvalue weighted by Gasteiger charge is -2.13. The second-order valence-electron chi connectivity index (χ2n) is 3.32. The van der Waals surface area contributed by atoms with Crippen LogP contribution in [-0.4, -0.2) is 10.1 Å². The zero-order valence-electron chi connectivity index (χ0n) is 8.51. The van der Waals surface area contributed by atoms with Gasteiger partial charge < -0.3 is 5.21 Å². The fourth-order valence-corrected chi connectivity index (χ4v) is 1.45. The minimum absolute atomic E-state index is 0.0452. The van der Waals surface area contributed by atoms with Crippen molar-refractivity contribution in [2.24, 2.45) is 0 Å². The maximum atomic E-state index is 10.5. The van der Waals surface area contributed by atoms with Gasteiger partial charge in [0.1, 0.15) is 0 Å². The molecule has 1 rings (SSSR count). The molecular formula is C10H14N2O3. The second kappa shape index (κ2) is 5.43. The second-order valence-corrected chi connectivity index (χ2v) is 3.32. The molecule has 0 heterocycles. The van der Waals surface area contributed by atoms with Crippen LogP contribution in [0.15, 0.2) is 24.3 Å². The van der Waals surface area contributed by atoms with Crippen LogP contribution >= 0.6 is 0 Å². The summed E-state index contributed by atoms with van der Waals surface area (Å²) < 4.78 is 0. The number of nitro groups is 1. The van der Waals surface area contributed by atoms with E-state index in [9.17, 15) is 10.1 Å². The van der Waals surface area contributed by atoms with Crippen molar-refractivity contribution in [1.82, 2.24) is 5.48 Å². The van der Waals surface area contributed by atoms with Crippen molar-refractivity contribution in [2.75, 3.05) is 0 Å². The largest absolute Gasteiger partial charge is 0.316 e. The summed E-state index contributed by atoms with van der Waals surface area (Å²) in [6.07, 6.45) is 1.62. The van der Waals surface area contributed by atoms with E-state index in [2.05, 4.69) is 5.48 Å². The van der Waals surface area contributed by atoms with Crippen molar-refractivity contribution in [1.29, 1.82) is 0 Å². The van der Waals surface area contributed by atoms with Crippen LogP contribution in [0, 0.1) is 10.1 Å². The van der Waals surface area contributed by atoms with E-state index in [-0.39, 0.29) is 11.7 Å². The molecule has 0 radical (unpaired) electrons. The van der Waals surface area contributed by atoms with Crippen LogP contribution in [0.3, 0.4) is 0 Å². The zero-order valence-corrected chi connectivity index (χ0v) is 8.51. The van der Waals surface area contributed by atoms with Gasteiger partial charge in [-0.05, 0) is 12.0 Å². The Kier molecular flexibility index (Phi) is 4.20. The first kappa shape index (κ1) is 11.6. The minimum atomic E-state index is -0.441. The highest BCUT2D eigenvalue weighted by Crippen LogP contribution is 2.22. The number of nitro benzene ring substituents is 1. The first-order chi connectivity index (χ1) is 7.19. The van der Waals surface area contributed by atoms with Crippen LogP contribution < -0.4 is 5.48 Å². The van der Waals surface area contributed by atoms with Gasteiger partial charge in [0.15, 0.2) is 0 Å². The maximum absolute atomic E-state index is 10.5. The number of hydrogen-bond donors (Lipinski definition) is 2. The van der Waals surface area contributed by atoms with Gasteiger partial charge in [0.25, 0.3) is 5.69 Å². The van der Waals surface area contributed by atoms with E-state index < -0.39 is 4.92 Å². The van der Waals surface area contributed by atoms with Crippen LogP contribution in [0.1, 0.15) is 31.4 Å². The normalized spacial score (nSPS) is 12.4. The Morgan fingerprint density at radius 1 is 1.60 bits per heavy atom. The highest BCUT2D eigenvalue weighted by atomic mass is 16.6. The molecule has 0 fully saturated rings. The SMILES string of the molecule is CCCC(NO)c1cccc([N+](=O)[O-])c1. The molecule has 1 atom stereocenters. The van der Waals surface area contributed by atoms with E-state index in [1.54, 1.807) is 12.1 Å². The molecule has 0 aliphatic heterocycles. The van der Waals surface area contributed by atoms with Gasteiger partial charge in [0, 0.05) is 12.1 Å². The molecular weight excluding hydrogens is 196 g/mol. The molecule has 0 bridgehead atoms. The average molecular weight is 210 g/mol. The van der Waals surface area contributed by atoms with Crippen LogP contribution in [0.25, 0.3) is 0 Å². The summed E-state index contributed by atoms with van der Waals surface area (Å²) in [7, 11) is 0. The van der Waals surface area contributed by atoms with E-state index >= 15 is 0 Å². The predicted molar refractivity (Wildman–Crippen MR) is 55.7 cm³/mol. The van der Waals surface area contributed by atoms with Gasteiger partial charge in [-0.25, -0.2) is 0 Å². The summed E-state index contributed by atoms with van der Waals surface area (Å²) >= 11 is 0. The quantitative estimate of drug-likeness (QED) is 0.578. The van der Waals surface area contributed by atoms with Crippen LogP contribution in [0.2, 0.25) is 0 Å². The van der Waals surface area contributed by atoms with Gasteiger partial charge in [0.05, 0.1) is 11.0 Å². The topological polar surface area (TPSA) is 75.4 Å². The van der Waals surface area contributed by atoms with Crippen molar-refractivity contribution in [3.05, 3.63) is 39.9 Å². The van der Waals surface area contributed by atoms with Crippen molar-refractivity contribution >= 4 is 5.69 Å². The van der Waals surface area contributed by atoms with Gasteiger partial charge in [0.2, 0.25) is 0 Å². The average Bonchev–Trinajstić information content (AvgIpc) is 2.26. The minimum Gasteiger partial charge on any atom is -0.316 e. The van der Waals surface area contributed by atoms with Gasteiger partial charge >= 0.3 is 0 Å². The molecule has 5 heteroatoms. The Hall–Kier alpha value is -1.46. The molecule has 0 aliphatic carbocycles. The highest BCUT2D eigenvalue weighted by Gasteiger charge is 2.12. The predicted octanol–water partition coefficient (Wildman–Crippen LogP) is 2.41. The monoisotopic (exact) mass is 210 g/mol. The molecule has 0 aromatic heterocycles. The summed E-state index contributed by atoms with van der Waals surface area (Å²) in [5.74, 6) is 0. The molecule has 1 aromatic carbocycles. The third kappa shape index (κ3) is 3.00. The Labute approximate surface area is 87.8 Å². The fourth-order valence-electron chi connectivity index (χ4n) is 1.45. The number of benzene rings is 1. The Bertz CT molecular complexity index is 341. The van der Waals surface area contributed by atoms with Crippen LogP contribution in [0.4, 0.5) is 5.69 Å². The number of hydroxylamine groups is 1. The summed E-state index contributed by atoms with van der Waals surface area (Å²) in [5.41, 5.74) is 2.94. The van der Waals surface area contributed by atoms with E-state index in [0.29, 0.717) is 0 Å². The van der Waals surface area contributed by atoms with Gasteiger partial charge in [-0.1, -0.05) is 25.5 Å². The van der Waals surface area contributed by atoms with Gasteiger partial charge in [-0.2, -0.15) is 5.48 Å². The van der Waals surface area contributed by atoms with Gasteiger partial charge in [-0.3, -0.25) is 10.1 Å². The summed E-state index contributed by atoms with van der Waals surface area (Å²) in [5, 5.41) is 19.5. The van der Waals surface area contributed by atoms with Crippen molar-refractivity contribution in [2.45, 2.75) is 25.8 Å². The van der Waals surface area contributed by atoms with Crippen molar-refractivity contribution in [3.63, 3.8) is 0 Å². The van der Waals surface area contributed by atoms with E-state index in [4.69, 9.17) is 5.21 Å². The summed E-state index contributed by atoms with van der Waals surface area (Å²) in [6.45, 7) is 1.99. The summed E-state index contributed by atoms with van der Waals surface area (Å²) in [4.78, 5) is 10.1. The molecule has 15 heavy (non-hydrogen) atoms. The van der Waals surface area contributed by atoms with Crippen molar-refractivity contribution < 1.29 is 10.1 Å². The zero-order chi connectivity index (χ0) is 11.3. The molecule has 2 N–H and O–H groups in total. The molecule has 0 aliphatic rings. The smallest absolute Gasteiger partial charge is 0.269 e. The van der Waals surface area contributed by atoms with E-state index in [1.807, 2.05) is 6.92 Å². The molecule has 0 amide bonds. The number of nitrogens with one attached hydrogen (secondary N) is 1. The molecule has 0 saturated heterocycles. The molecule has 82 valence electrons. The van der Waals surface area contributed by atoms with Gasteiger partial charge in [-0.15, -0.1) is 0 Å². The Morgan fingerprint density at radius 2 is 2.33 bits per heavy atom. The third-order valence-corrected chi connectivity index (χ3v) is 2.22. The molecule has 1 aromatic rings. The van der Waals surface area contributed by atoms with E-state index in [1.165, 1.54) is 12.1 Å². The molecule has 1 unspecified atom stereocenters. The van der Waals surface area contributed by atoms with Crippen LogP contribution in [0.5, 0.6) is 0 Å². The first-order valence-electron chi connectivity index (χ1n) is 4.83. The lowest BCUT2D eigenvalue weighted by molar-refractivity contribution is -0.384. The number of rotatable bonds is 5. The number of hydrogen-bond acceptors (Lipinski definition) is 4. The fraction of sp³-hybridized carbons (Fsp3) is 0.400. The lowest BCUT2D eigenvalue weighted by atomic mass is 10.0. The lowest BCUT2D eigenvalue weighted by Crippen LogP contribution is -2.16. The van der Waals surface area contributed by atoms with E-state index in [0.717, 1.165) is 18.4 Å². The Morgan fingerprint density at radius 3 is 2.87 bits per heavy atom. The molecule has 0 spiro atoms. The highest BCUT2D eigenvalue weighted by molar-refractivity contribution is 5.35. The molecule has 5 nitrogen and oxygen atoms in total. The standard InChI is InChI=1S/C10H14N2O3/c1-2-4-10(11-13)8-5-3-6-9(7-8)12(14)15/h3,5-7,10-11,13H,2,4H2,1H3. The first-order valence-corrected chi connectivity index (χ1v) is 4.83. The number of nitrogens with zero attached hydrogens (tertiary/aromatic N) is 1. The van der Waals surface area contributed by atoms with Crippen molar-refractivity contribution in [3.8, 4) is 0 Å². The third-order valence-electron chi connectivity index (χ3n) is 2.22. The summed E-state index contributed by atoms with van der Waals surface area (Å²) in [6, 6.07) is 6.05.